The van der Waals surface area contributed by atoms with E-state index in [9.17, 15) is 0 Å². The maximum atomic E-state index is 5.56. The van der Waals surface area contributed by atoms with Gasteiger partial charge in [0.25, 0.3) is 0 Å². The van der Waals surface area contributed by atoms with Crippen LogP contribution in [0.3, 0.4) is 0 Å². The van der Waals surface area contributed by atoms with Crippen LogP contribution in [0.2, 0.25) is 0 Å². The van der Waals surface area contributed by atoms with Crippen LogP contribution >= 0.6 is 23.6 Å². The van der Waals surface area contributed by atoms with E-state index in [0.29, 0.717) is 4.99 Å². The predicted molar refractivity (Wildman–Crippen MR) is 83.4 cm³/mol. The highest BCUT2D eigenvalue weighted by Crippen LogP contribution is 2.21. The number of anilines is 1. The van der Waals surface area contributed by atoms with E-state index in [1.54, 1.807) is 0 Å². The summed E-state index contributed by atoms with van der Waals surface area (Å²) in [6.07, 6.45) is 0. The molecule has 1 heterocycles. The van der Waals surface area contributed by atoms with Crippen LogP contribution in [0.15, 0.2) is 30.3 Å². The third kappa shape index (κ3) is 3.09. The molecule has 2 rings (SSSR count). The number of hydrogen-bond donors (Lipinski definition) is 2. The molecule has 0 bridgehead atoms. The molecule has 0 aliphatic heterocycles. The minimum atomic E-state index is 0.436. The number of aryl methyl sites for hydroxylation is 2. The molecular formula is C14H16N2S2. The van der Waals surface area contributed by atoms with Gasteiger partial charge in [-0.1, -0.05) is 12.2 Å². The van der Waals surface area contributed by atoms with E-state index in [1.807, 2.05) is 35.6 Å². The Kier molecular flexibility index (Phi) is 3.99. The van der Waals surface area contributed by atoms with Crippen molar-refractivity contribution in [1.29, 1.82) is 0 Å². The summed E-state index contributed by atoms with van der Waals surface area (Å²) < 4.78 is 0. The Morgan fingerprint density at radius 2 is 1.94 bits per heavy atom. The van der Waals surface area contributed by atoms with Gasteiger partial charge >= 0.3 is 0 Å². The molecule has 0 atom stereocenters. The molecule has 1 aromatic heterocycles. The number of hydrogen-bond acceptors (Lipinski definition) is 3. The minimum absolute atomic E-state index is 0.436. The Morgan fingerprint density at radius 3 is 2.44 bits per heavy atom. The molecule has 94 valence electrons. The van der Waals surface area contributed by atoms with Crippen LogP contribution in [0, 0.1) is 13.8 Å². The molecule has 0 unspecified atom stereocenters. The topological polar surface area (TPSA) is 38.0 Å². The summed E-state index contributed by atoms with van der Waals surface area (Å²) >= 11 is 6.76. The van der Waals surface area contributed by atoms with Gasteiger partial charge in [0.15, 0.2) is 0 Å². The molecule has 0 aliphatic rings. The first-order valence-electron chi connectivity index (χ1n) is 5.76. The van der Waals surface area contributed by atoms with Crippen LogP contribution < -0.4 is 11.1 Å². The quantitative estimate of drug-likeness (QED) is 0.838. The summed E-state index contributed by atoms with van der Waals surface area (Å²) in [6, 6.07) is 10.1. The van der Waals surface area contributed by atoms with Crippen LogP contribution in [-0.2, 0) is 6.54 Å². The van der Waals surface area contributed by atoms with Crippen molar-refractivity contribution >= 4 is 34.2 Å². The molecule has 0 spiro atoms. The van der Waals surface area contributed by atoms with Crippen molar-refractivity contribution in [2.45, 2.75) is 20.4 Å². The lowest BCUT2D eigenvalue weighted by Crippen LogP contribution is -2.09. The largest absolute Gasteiger partial charge is 0.389 e. The third-order valence-corrected chi connectivity index (χ3v) is 4.24. The second kappa shape index (κ2) is 5.50. The molecule has 0 saturated heterocycles. The van der Waals surface area contributed by atoms with E-state index in [4.69, 9.17) is 18.0 Å². The number of nitrogens with two attached hydrogens (primary N) is 1. The minimum Gasteiger partial charge on any atom is -0.389 e. The van der Waals surface area contributed by atoms with E-state index in [1.165, 1.54) is 15.3 Å². The van der Waals surface area contributed by atoms with Gasteiger partial charge in [-0.25, -0.2) is 0 Å². The van der Waals surface area contributed by atoms with Crippen LogP contribution in [0.25, 0.3) is 0 Å². The van der Waals surface area contributed by atoms with Gasteiger partial charge in [0, 0.05) is 27.5 Å². The molecule has 2 nitrogen and oxygen atoms in total. The SMILES string of the molecule is Cc1cc(CNc2ccc(C(N)=S)cc2)sc1C. The van der Waals surface area contributed by atoms with Gasteiger partial charge in [-0.05, 0) is 49.7 Å². The van der Waals surface area contributed by atoms with Gasteiger partial charge in [0.1, 0.15) is 4.99 Å². The van der Waals surface area contributed by atoms with Gasteiger partial charge in [0.2, 0.25) is 0 Å². The molecular weight excluding hydrogens is 260 g/mol. The fraction of sp³-hybridized carbons (Fsp3) is 0.214. The zero-order chi connectivity index (χ0) is 13.1. The van der Waals surface area contributed by atoms with E-state index in [-0.39, 0.29) is 0 Å². The van der Waals surface area contributed by atoms with Crippen molar-refractivity contribution in [2.24, 2.45) is 5.73 Å². The molecule has 0 radical (unpaired) electrons. The summed E-state index contributed by atoms with van der Waals surface area (Å²) in [7, 11) is 0. The zero-order valence-electron chi connectivity index (χ0n) is 10.5. The second-order valence-corrected chi connectivity index (χ2v) is 6.03. The van der Waals surface area contributed by atoms with Gasteiger partial charge in [0.05, 0.1) is 0 Å². The first-order valence-corrected chi connectivity index (χ1v) is 6.98. The fourth-order valence-corrected chi connectivity index (χ4v) is 2.81. The Morgan fingerprint density at radius 1 is 1.28 bits per heavy atom. The average molecular weight is 276 g/mol. The highest BCUT2D eigenvalue weighted by atomic mass is 32.1. The average Bonchev–Trinajstić information content (AvgIpc) is 2.67. The lowest BCUT2D eigenvalue weighted by atomic mass is 10.2. The molecule has 0 amide bonds. The summed E-state index contributed by atoms with van der Waals surface area (Å²) in [6.45, 7) is 5.15. The van der Waals surface area contributed by atoms with Crippen molar-refractivity contribution in [3.8, 4) is 0 Å². The zero-order valence-corrected chi connectivity index (χ0v) is 12.1. The number of nitrogens with one attached hydrogen (secondary N) is 1. The number of thiophene rings is 1. The molecule has 4 heteroatoms. The molecule has 18 heavy (non-hydrogen) atoms. The molecule has 1 aromatic carbocycles. The van der Waals surface area contributed by atoms with E-state index in [0.717, 1.165) is 17.8 Å². The Hall–Kier alpha value is -1.39. The molecule has 0 fully saturated rings. The Balaban J connectivity index is 2.00. The standard InChI is InChI=1S/C14H16N2S2/c1-9-7-13(18-10(9)2)8-16-12-5-3-11(4-6-12)14(15)17/h3-7,16H,8H2,1-2H3,(H2,15,17). The van der Waals surface area contributed by atoms with E-state index in [2.05, 4.69) is 25.2 Å². The number of thiocarbonyl (C=S) groups is 1. The van der Waals surface area contributed by atoms with Crippen molar-refractivity contribution in [2.75, 3.05) is 5.32 Å². The van der Waals surface area contributed by atoms with Crippen molar-refractivity contribution < 1.29 is 0 Å². The maximum Gasteiger partial charge on any atom is 0.103 e. The number of benzene rings is 1. The van der Waals surface area contributed by atoms with Gasteiger partial charge < -0.3 is 11.1 Å². The van der Waals surface area contributed by atoms with Crippen LogP contribution in [0.1, 0.15) is 20.9 Å². The van der Waals surface area contributed by atoms with Crippen molar-refractivity contribution in [1.82, 2.24) is 0 Å². The maximum absolute atomic E-state index is 5.56. The summed E-state index contributed by atoms with van der Waals surface area (Å²) in [5.74, 6) is 0. The normalized spacial score (nSPS) is 10.3. The Bertz CT molecular complexity index is 536. The van der Waals surface area contributed by atoms with Gasteiger partial charge in [-0.3, -0.25) is 0 Å². The number of rotatable bonds is 4. The summed E-state index contributed by atoms with van der Waals surface area (Å²) in [4.78, 5) is 3.17. The third-order valence-electron chi connectivity index (χ3n) is 2.85. The van der Waals surface area contributed by atoms with Crippen molar-refractivity contribution in [3.63, 3.8) is 0 Å². The Labute approximate surface area is 117 Å². The van der Waals surface area contributed by atoms with Gasteiger partial charge in [-0.2, -0.15) is 0 Å². The monoisotopic (exact) mass is 276 g/mol. The van der Waals surface area contributed by atoms with Crippen molar-refractivity contribution in [3.05, 3.63) is 51.2 Å². The van der Waals surface area contributed by atoms with Crippen LogP contribution in [-0.4, -0.2) is 4.99 Å². The summed E-state index contributed by atoms with van der Waals surface area (Å²) in [5, 5.41) is 3.39. The lowest BCUT2D eigenvalue weighted by Gasteiger charge is -2.05. The predicted octanol–water partition coefficient (Wildman–Crippen LogP) is 3.61. The van der Waals surface area contributed by atoms with Gasteiger partial charge in [-0.15, -0.1) is 11.3 Å². The molecule has 3 N–H and O–H groups in total. The van der Waals surface area contributed by atoms with Crippen LogP contribution in [0.4, 0.5) is 5.69 Å². The molecule has 0 aliphatic carbocycles. The summed E-state index contributed by atoms with van der Waals surface area (Å²) in [5.41, 5.74) is 8.91. The highest BCUT2D eigenvalue weighted by molar-refractivity contribution is 7.80. The molecule has 0 saturated carbocycles. The fourth-order valence-electron chi connectivity index (χ4n) is 1.68. The smallest absolute Gasteiger partial charge is 0.103 e. The lowest BCUT2D eigenvalue weighted by molar-refractivity contribution is 1.19. The van der Waals surface area contributed by atoms with E-state index >= 15 is 0 Å². The second-order valence-electron chi connectivity index (χ2n) is 4.25. The van der Waals surface area contributed by atoms with Crippen LogP contribution in [0.5, 0.6) is 0 Å². The first kappa shape index (κ1) is 13.1. The molecule has 2 aromatic rings. The first-order chi connectivity index (χ1) is 8.56. The van der Waals surface area contributed by atoms with E-state index < -0.39 is 0 Å². The highest BCUT2D eigenvalue weighted by Gasteiger charge is 2.01.